The molecule has 98 valence electrons. The molecule has 0 saturated carbocycles. The van der Waals surface area contributed by atoms with E-state index in [0.717, 1.165) is 17.8 Å². The quantitative estimate of drug-likeness (QED) is 0.666. The number of aliphatic hydroxyl groups excluding tert-OH is 1. The highest BCUT2D eigenvalue weighted by Gasteiger charge is 2.33. The van der Waals surface area contributed by atoms with Gasteiger partial charge in [0.05, 0.1) is 16.6 Å². The standard InChI is InChI=1S/C11H14N2O4S/c1-2-7-4-12(5-9(7)14)11(15)8-3-10(13(16)17)18-6-8/h3,6-7,9,14H,2,4-5H2,1H3/t7-,9+/m1/s1. The highest BCUT2D eigenvalue weighted by atomic mass is 32.1. The molecular weight excluding hydrogens is 256 g/mol. The average Bonchev–Trinajstić information content (AvgIpc) is 2.94. The Morgan fingerprint density at radius 2 is 2.39 bits per heavy atom. The zero-order valence-corrected chi connectivity index (χ0v) is 10.7. The summed E-state index contributed by atoms with van der Waals surface area (Å²) in [6, 6.07) is 1.29. The van der Waals surface area contributed by atoms with E-state index in [1.54, 1.807) is 4.90 Å². The number of aliphatic hydroxyl groups is 1. The maximum atomic E-state index is 12.1. The topological polar surface area (TPSA) is 83.7 Å². The molecule has 1 aliphatic rings. The molecule has 2 heterocycles. The molecule has 1 fully saturated rings. The van der Waals surface area contributed by atoms with E-state index in [0.29, 0.717) is 18.7 Å². The van der Waals surface area contributed by atoms with Gasteiger partial charge in [-0.25, -0.2) is 0 Å². The summed E-state index contributed by atoms with van der Waals surface area (Å²) in [5.41, 5.74) is 0.329. The predicted molar refractivity (Wildman–Crippen MR) is 66.7 cm³/mol. The number of β-amino-alcohol motifs (C(OH)–C–C–N with tert-alkyl or cyclic N) is 1. The number of hydrogen-bond donors (Lipinski definition) is 1. The minimum Gasteiger partial charge on any atom is -0.391 e. The first kappa shape index (κ1) is 13.0. The molecule has 2 atom stereocenters. The molecule has 1 aromatic rings. The fourth-order valence-electron chi connectivity index (χ4n) is 2.14. The summed E-state index contributed by atoms with van der Waals surface area (Å²) in [5.74, 6) is -0.142. The molecule has 0 unspecified atom stereocenters. The van der Waals surface area contributed by atoms with Crippen LogP contribution >= 0.6 is 11.3 Å². The van der Waals surface area contributed by atoms with Gasteiger partial charge >= 0.3 is 5.00 Å². The van der Waals surface area contributed by atoms with E-state index in [2.05, 4.69) is 0 Å². The van der Waals surface area contributed by atoms with E-state index in [1.165, 1.54) is 11.4 Å². The number of thiophene rings is 1. The zero-order chi connectivity index (χ0) is 13.3. The maximum Gasteiger partial charge on any atom is 0.324 e. The van der Waals surface area contributed by atoms with Crippen LogP contribution in [0, 0.1) is 16.0 Å². The first-order valence-corrected chi connectivity index (χ1v) is 6.61. The average molecular weight is 270 g/mol. The third-order valence-electron chi connectivity index (χ3n) is 3.23. The van der Waals surface area contributed by atoms with Crippen molar-refractivity contribution < 1.29 is 14.8 Å². The van der Waals surface area contributed by atoms with E-state index in [1.807, 2.05) is 6.92 Å². The normalized spacial score (nSPS) is 23.3. The Morgan fingerprint density at radius 3 is 2.89 bits per heavy atom. The summed E-state index contributed by atoms with van der Waals surface area (Å²) >= 11 is 0.943. The summed E-state index contributed by atoms with van der Waals surface area (Å²) < 4.78 is 0. The van der Waals surface area contributed by atoms with E-state index >= 15 is 0 Å². The lowest BCUT2D eigenvalue weighted by Gasteiger charge is -2.14. The molecule has 7 heteroatoms. The van der Waals surface area contributed by atoms with Crippen molar-refractivity contribution in [2.45, 2.75) is 19.4 Å². The van der Waals surface area contributed by atoms with E-state index < -0.39 is 11.0 Å². The molecule has 0 aromatic carbocycles. The van der Waals surface area contributed by atoms with Crippen LogP contribution in [0.3, 0.4) is 0 Å². The van der Waals surface area contributed by atoms with Crippen LogP contribution in [0.5, 0.6) is 0 Å². The minimum absolute atomic E-state index is 0.0369. The minimum atomic E-state index is -0.505. The highest BCUT2D eigenvalue weighted by molar-refractivity contribution is 7.13. The van der Waals surface area contributed by atoms with E-state index in [4.69, 9.17) is 0 Å². The third-order valence-corrected chi connectivity index (χ3v) is 4.11. The molecule has 0 radical (unpaired) electrons. The van der Waals surface area contributed by atoms with Crippen LogP contribution < -0.4 is 0 Å². The van der Waals surface area contributed by atoms with E-state index in [9.17, 15) is 20.0 Å². The summed E-state index contributed by atoms with van der Waals surface area (Å²) in [4.78, 5) is 23.7. The van der Waals surface area contributed by atoms with Gasteiger partial charge in [0.2, 0.25) is 0 Å². The van der Waals surface area contributed by atoms with Gasteiger partial charge in [-0.2, -0.15) is 0 Å². The maximum absolute atomic E-state index is 12.1. The number of hydrogen-bond acceptors (Lipinski definition) is 5. The first-order valence-electron chi connectivity index (χ1n) is 5.73. The first-order chi connectivity index (χ1) is 8.52. The van der Waals surface area contributed by atoms with Crippen molar-refractivity contribution in [3.05, 3.63) is 27.1 Å². The van der Waals surface area contributed by atoms with E-state index in [-0.39, 0.29) is 16.8 Å². The van der Waals surface area contributed by atoms with Crippen molar-refractivity contribution in [1.82, 2.24) is 4.90 Å². The number of rotatable bonds is 3. The van der Waals surface area contributed by atoms with Gasteiger partial charge in [-0.1, -0.05) is 18.3 Å². The fraction of sp³-hybridized carbons (Fsp3) is 0.545. The van der Waals surface area contributed by atoms with Crippen molar-refractivity contribution >= 4 is 22.2 Å². The number of carbonyl (C=O) groups is 1. The Kier molecular flexibility index (Phi) is 3.63. The summed E-state index contributed by atoms with van der Waals surface area (Å²) in [6.07, 6.45) is 0.321. The lowest BCUT2D eigenvalue weighted by atomic mass is 10.0. The fourth-order valence-corrected chi connectivity index (χ4v) is 2.83. The van der Waals surface area contributed by atoms with Crippen molar-refractivity contribution in [2.24, 2.45) is 5.92 Å². The second-order valence-corrected chi connectivity index (χ2v) is 5.27. The highest BCUT2D eigenvalue weighted by Crippen LogP contribution is 2.26. The number of nitro groups is 1. The van der Waals surface area contributed by atoms with Gasteiger partial charge in [0.15, 0.2) is 0 Å². The van der Waals surface area contributed by atoms with Crippen LogP contribution in [-0.2, 0) is 0 Å². The molecule has 0 spiro atoms. The van der Waals surface area contributed by atoms with Gasteiger partial charge in [-0.05, 0) is 6.42 Å². The SMILES string of the molecule is CC[C@@H]1CN(C(=O)c2csc([N+](=O)[O-])c2)C[C@@H]1O. The molecule has 1 amide bonds. The zero-order valence-electron chi connectivity index (χ0n) is 9.91. The smallest absolute Gasteiger partial charge is 0.324 e. The lowest BCUT2D eigenvalue weighted by Crippen LogP contribution is -2.29. The Bertz CT molecular complexity index is 473. The van der Waals surface area contributed by atoms with Gasteiger partial charge in [0, 0.05) is 30.5 Å². The summed E-state index contributed by atoms with van der Waals surface area (Å²) in [6.45, 7) is 2.79. The summed E-state index contributed by atoms with van der Waals surface area (Å²) in [5, 5.41) is 21.8. The number of likely N-dealkylation sites (tertiary alicyclic amines) is 1. The second kappa shape index (κ2) is 5.03. The molecule has 0 aliphatic carbocycles. The molecule has 1 N–H and O–H groups in total. The van der Waals surface area contributed by atoms with Crippen LogP contribution in [0.25, 0.3) is 0 Å². The number of carbonyl (C=O) groups excluding carboxylic acids is 1. The van der Waals surface area contributed by atoms with Crippen molar-refractivity contribution in [1.29, 1.82) is 0 Å². The molecule has 1 aromatic heterocycles. The van der Waals surface area contributed by atoms with Crippen LogP contribution in [0.4, 0.5) is 5.00 Å². The second-order valence-electron chi connectivity index (χ2n) is 4.38. The Hall–Kier alpha value is -1.47. The monoisotopic (exact) mass is 270 g/mol. The third kappa shape index (κ3) is 2.37. The van der Waals surface area contributed by atoms with Gasteiger partial charge in [0.25, 0.3) is 5.91 Å². The van der Waals surface area contributed by atoms with Gasteiger partial charge in [-0.15, -0.1) is 0 Å². The van der Waals surface area contributed by atoms with Gasteiger partial charge in [0.1, 0.15) is 0 Å². The molecule has 18 heavy (non-hydrogen) atoms. The Balaban J connectivity index is 2.10. The largest absolute Gasteiger partial charge is 0.391 e. The molecule has 1 aliphatic heterocycles. The van der Waals surface area contributed by atoms with Gasteiger partial charge in [-0.3, -0.25) is 14.9 Å². The van der Waals surface area contributed by atoms with Crippen molar-refractivity contribution in [3.63, 3.8) is 0 Å². The van der Waals surface area contributed by atoms with Crippen LogP contribution in [0.15, 0.2) is 11.4 Å². The van der Waals surface area contributed by atoms with Gasteiger partial charge < -0.3 is 10.0 Å². The van der Waals surface area contributed by atoms with Crippen LogP contribution in [0.1, 0.15) is 23.7 Å². The Labute approximate surface area is 108 Å². The molecule has 0 bridgehead atoms. The van der Waals surface area contributed by atoms with Crippen molar-refractivity contribution in [3.8, 4) is 0 Å². The van der Waals surface area contributed by atoms with Crippen molar-refractivity contribution in [2.75, 3.05) is 13.1 Å². The van der Waals surface area contributed by atoms with Crippen LogP contribution in [0.2, 0.25) is 0 Å². The number of amides is 1. The lowest BCUT2D eigenvalue weighted by molar-refractivity contribution is -0.380. The molecular formula is C11H14N2O4S. The molecule has 2 rings (SSSR count). The predicted octanol–water partition coefficient (Wildman–Crippen LogP) is 1.50. The van der Waals surface area contributed by atoms with Crippen LogP contribution in [-0.4, -0.2) is 40.0 Å². The molecule has 1 saturated heterocycles. The number of nitrogens with zero attached hydrogens (tertiary/aromatic N) is 2. The molecule has 6 nitrogen and oxygen atoms in total. The summed E-state index contributed by atoms with van der Waals surface area (Å²) in [7, 11) is 0. The Morgan fingerprint density at radius 1 is 1.67 bits per heavy atom.